The molecule has 1 aliphatic carbocycles. The van der Waals surface area contributed by atoms with E-state index in [1.165, 1.54) is 11.1 Å². The van der Waals surface area contributed by atoms with Crippen LogP contribution in [0.15, 0.2) is 72.8 Å². The van der Waals surface area contributed by atoms with Crippen LogP contribution in [0.4, 0.5) is 4.79 Å². The Bertz CT molecular complexity index is 1530. The van der Waals surface area contributed by atoms with E-state index in [9.17, 15) is 9.59 Å². The summed E-state index contributed by atoms with van der Waals surface area (Å²) in [7, 11) is 0. The molecule has 40 heavy (non-hydrogen) atoms. The molecule has 0 spiro atoms. The van der Waals surface area contributed by atoms with E-state index in [1.54, 1.807) is 0 Å². The summed E-state index contributed by atoms with van der Waals surface area (Å²) in [5, 5.41) is 7.79. The number of ether oxygens (including phenoxy) is 2. The van der Waals surface area contributed by atoms with Crippen LogP contribution in [0.5, 0.6) is 0 Å². The molecule has 1 fully saturated rings. The average Bonchev–Trinajstić information content (AvgIpc) is 3.29. The number of fused-ring (bicyclic) bond motifs is 4. The van der Waals surface area contributed by atoms with Crippen molar-refractivity contribution in [2.45, 2.75) is 44.7 Å². The number of pyridine rings is 1. The molecule has 4 aromatic rings. The maximum Gasteiger partial charge on any atom is 0.407 e. The third-order valence-corrected chi connectivity index (χ3v) is 7.98. The number of hydrogen-bond donors (Lipinski definition) is 2. The van der Waals surface area contributed by atoms with Crippen LogP contribution in [0.2, 0.25) is 0 Å². The lowest BCUT2D eigenvalue weighted by molar-refractivity contribution is 0.0695. The third kappa shape index (κ3) is 5.05. The molecule has 7 heteroatoms. The van der Waals surface area contributed by atoms with Gasteiger partial charge in [-0.15, -0.1) is 0 Å². The Morgan fingerprint density at radius 2 is 1.65 bits per heavy atom. The number of amides is 2. The molecule has 0 bridgehead atoms. The fraction of sp³-hybridized carbons (Fsp3) is 0.303. The van der Waals surface area contributed by atoms with Gasteiger partial charge in [-0.3, -0.25) is 4.79 Å². The summed E-state index contributed by atoms with van der Waals surface area (Å²) in [6.07, 6.45) is 1.04. The summed E-state index contributed by atoms with van der Waals surface area (Å²) in [5.41, 5.74) is 6.64. The fourth-order valence-corrected chi connectivity index (χ4v) is 5.88. The van der Waals surface area contributed by atoms with Crippen molar-refractivity contribution >= 4 is 22.8 Å². The minimum Gasteiger partial charge on any atom is -0.449 e. The van der Waals surface area contributed by atoms with E-state index in [2.05, 4.69) is 34.9 Å². The summed E-state index contributed by atoms with van der Waals surface area (Å²) < 4.78 is 11.2. The van der Waals surface area contributed by atoms with E-state index < -0.39 is 12.1 Å². The van der Waals surface area contributed by atoms with Crippen LogP contribution in [-0.2, 0) is 9.47 Å². The molecule has 2 heterocycles. The van der Waals surface area contributed by atoms with E-state index in [0.717, 1.165) is 40.3 Å². The number of hydrogen-bond acceptors (Lipinski definition) is 5. The molecular weight excluding hydrogens is 502 g/mol. The lowest BCUT2D eigenvalue weighted by Gasteiger charge is -2.24. The SMILES string of the molecule is Cc1cccc2cc([C@H](C)NC(=O)OCC3c4ccccc4-c4ccccc43)nc(C(=O)NC3CCOCC3)c12. The minimum absolute atomic E-state index is 0.0179. The second-order valence-electron chi connectivity index (χ2n) is 10.6. The molecule has 2 amide bonds. The standard InChI is InChI=1S/C33H33N3O4/c1-20-8-7-9-22-18-29(36-31(30(20)22)32(37)35-23-14-16-39-17-15-23)21(2)34-33(38)40-19-28-26-12-5-3-10-24(26)25-11-4-6-13-27(25)28/h3-13,18,21,23,28H,14-17,19H2,1-2H3,(H,34,38)(H,35,37)/t21-/m0/s1. The first-order valence-electron chi connectivity index (χ1n) is 13.9. The summed E-state index contributed by atoms with van der Waals surface area (Å²) in [5.74, 6) is -0.225. The van der Waals surface area contributed by atoms with Gasteiger partial charge >= 0.3 is 6.09 Å². The van der Waals surface area contributed by atoms with Gasteiger partial charge in [-0.1, -0.05) is 66.7 Å². The Hall–Kier alpha value is -4.23. The van der Waals surface area contributed by atoms with E-state index in [0.29, 0.717) is 24.6 Å². The van der Waals surface area contributed by atoms with Crippen molar-refractivity contribution in [3.8, 4) is 11.1 Å². The average molecular weight is 536 g/mol. The van der Waals surface area contributed by atoms with Gasteiger partial charge in [0.25, 0.3) is 5.91 Å². The first kappa shape index (κ1) is 26.0. The maximum absolute atomic E-state index is 13.4. The molecule has 6 rings (SSSR count). The molecule has 0 radical (unpaired) electrons. The first-order chi connectivity index (χ1) is 19.5. The summed E-state index contributed by atoms with van der Waals surface area (Å²) in [4.78, 5) is 31.1. The van der Waals surface area contributed by atoms with Crippen molar-refractivity contribution < 1.29 is 19.1 Å². The van der Waals surface area contributed by atoms with Gasteiger partial charge in [-0.05, 0) is 66.0 Å². The zero-order valence-electron chi connectivity index (χ0n) is 22.8. The van der Waals surface area contributed by atoms with Gasteiger partial charge in [-0.2, -0.15) is 0 Å². The highest BCUT2D eigenvalue weighted by Gasteiger charge is 2.29. The summed E-state index contributed by atoms with van der Waals surface area (Å²) >= 11 is 0. The van der Waals surface area contributed by atoms with Crippen LogP contribution < -0.4 is 10.6 Å². The molecule has 1 atom stereocenters. The van der Waals surface area contributed by atoms with Gasteiger partial charge in [0, 0.05) is 30.6 Å². The Morgan fingerprint density at radius 1 is 0.975 bits per heavy atom. The lowest BCUT2D eigenvalue weighted by atomic mass is 9.98. The van der Waals surface area contributed by atoms with Gasteiger partial charge < -0.3 is 20.1 Å². The highest BCUT2D eigenvalue weighted by atomic mass is 16.5. The van der Waals surface area contributed by atoms with Crippen molar-refractivity contribution in [1.82, 2.24) is 15.6 Å². The van der Waals surface area contributed by atoms with Crippen molar-refractivity contribution in [3.05, 3.63) is 101 Å². The molecule has 0 saturated carbocycles. The zero-order chi connectivity index (χ0) is 27.6. The second-order valence-corrected chi connectivity index (χ2v) is 10.6. The number of alkyl carbamates (subject to hydrolysis) is 1. The number of benzene rings is 3. The number of carbonyl (C=O) groups is 2. The zero-order valence-corrected chi connectivity index (χ0v) is 22.8. The second kappa shape index (κ2) is 11.1. The quantitative estimate of drug-likeness (QED) is 0.314. The van der Waals surface area contributed by atoms with Crippen LogP contribution in [0.1, 0.15) is 64.6 Å². The molecule has 7 nitrogen and oxygen atoms in total. The Kier molecular flexibility index (Phi) is 7.22. The maximum atomic E-state index is 13.4. The number of carbonyl (C=O) groups excluding carboxylic acids is 2. The Morgan fingerprint density at radius 3 is 2.35 bits per heavy atom. The topological polar surface area (TPSA) is 89.5 Å². The summed E-state index contributed by atoms with van der Waals surface area (Å²) in [6, 6.07) is 23.9. The monoisotopic (exact) mass is 535 g/mol. The third-order valence-electron chi connectivity index (χ3n) is 7.98. The number of aryl methyl sites for hydroxylation is 1. The number of nitrogens with zero attached hydrogens (tertiary/aromatic N) is 1. The van der Waals surface area contributed by atoms with Crippen molar-refractivity contribution in [2.24, 2.45) is 0 Å². The van der Waals surface area contributed by atoms with Gasteiger partial charge in [0.2, 0.25) is 0 Å². The molecule has 1 aromatic heterocycles. The normalized spacial score (nSPS) is 15.8. The fourth-order valence-electron chi connectivity index (χ4n) is 5.88. The molecule has 204 valence electrons. The molecule has 3 aromatic carbocycles. The van der Waals surface area contributed by atoms with E-state index >= 15 is 0 Å². The molecule has 0 unspecified atom stereocenters. The molecule has 2 aliphatic rings. The van der Waals surface area contributed by atoms with E-state index in [4.69, 9.17) is 14.5 Å². The van der Waals surface area contributed by atoms with Crippen LogP contribution in [-0.4, -0.2) is 42.8 Å². The highest BCUT2D eigenvalue weighted by molar-refractivity contribution is 6.06. The van der Waals surface area contributed by atoms with Crippen LogP contribution in [0, 0.1) is 6.92 Å². The van der Waals surface area contributed by atoms with Gasteiger partial charge in [0.05, 0.1) is 11.7 Å². The van der Waals surface area contributed by atoms with Gasteiger partial charge in [0.15, 0.2) is 0 Å². The molecular formula is C33H33N3O4. The number of nitrogens with one attached hydrogen (secondary N) is 2. The van der Waals surface area contributed by atoms with Crippen molar-refractivity contribution in [2.75, 3.05) is 19.8 Å². The molecule has 1 saturated heterocycles. The predicted octanol–water partition coefficient (Wildman–Crippen LogP) is 6.05. The number of aromatic nitrogens is 1. The van der Waals surface area contributed by atoms with Gasteiger partial charge in [0.1, 0.15) is 12.3 Å². The largest absolute Gasteiger partial charge is 0.449 e. The van der Waals surface area contributed by atoms with Crippen LogP contribution >= 0.6 is 0 Å². The van der Waals surface area contributed by atoms with E-state index in [-0.39, 0.29) is 24.5 Å². The Labute approximate surface area is 233 Å². The van der Waals surface area contributed by atoms with Crippen LogP contribution in [0.25, 0.3) is 21.9 Å². The smallest absolute Gasteiger partial charge is 0.407 e. The first-order valence-corrected chi connectivity index (χ1v) is 13.9. The van der Waals surface area contributed by atoms with Gasteiger partial charge in [-0.25, -0.2) is 9.78 Å². The minimum atomic E-state index is -0.520. The van der Waals surface area contributed by atoms with Crippen molar-refractivity contribution in [3.63, 3.8) is 0 Å². The van der Waals surface area contributed by atoms with E-state index in [1.807, 2.05) is 62.4 Å². The predicted molar refractivity (Wildman–Crippen MR) is 154 cm³/mol. The van der Waals surface area contributed by atoms with Crippen LogP contribution in [0.3, 0.4) is 0 Å². The molecule has 2 N–H and O–H groups in total. The lowest BCUT2D eigenvalue weighted by Crippen LogP contribution is -2.39. The van der Waals surface area contributed by atoms with Crippen molar-refractivity contribution in [1.29, 1.82) is 0 Å². The summed E-state index contributed by atoms with van der Waals surface area (Å²) in [6.45, 7) is 5.34. The highest BCUT2D eigenvalue weighted by Crippen LogP contribution is 2.44. The Balaban J connectivity index is 1.19. The molecule has 1 aliphatic heterocycles. The number of rotatable bonds is 6.